The molecule has 0 fully saturated rings. The van der Waals surface area contributed by atoms with Crippen molar-refractivity contribution in [2.24, 2.45) is 0 Å². The summed E-state index contributed by atoms with van der Waals surface area (Å²) >= 11 is 1.29. The zero-order valence-electron chi connectivity index (χ0n) is 7.99. The minimum Gasteiger partial charge on any atom is -0.461 e. The Morgan fingerprint density at radius 2 is 2.36 bits per heavy atom. The highest BCUT2D eigenvalue weighted by Crippen LogP contribution is 2.19. The zero-order valence-corrected chi connectivity index (χ0v) is 8.80. The predicted octanol–water partition coefficient (Wildman–Crippen LogP) is 1.52. The first kappa shape index (κ1) is 11.0. The first-order chi connectivity index (χ1) is 6.75. The molecule has 0 amide bonds. The molecule has 0 saturated carbocycles. The van der Waals surface area contributed by atoms with Crippen LogP contribution in [0.5, 0.6) is 0 Å². The summed E-state index contributed by atoms with van der Waals surface area (Å²) in [6, 6.07) is 1.69. The minimum absolute atomic E-state index is 0.353. The van der Waals surface area contributed by atoms with Crippen molar-refractivity contribution in [2.75, 3.05) is 26.1 Å². The van der Waals surface area contributed by atoms with Crippen molar-refractivity contribution in [3.05, 3.63) is 16.3 Å². The van der Waals surface area contributed by atoms with E-state index in [1.54, 1.807) is 18.6 Å². The summed E-state index contributed by atoms with van der Waals surface area (Å²) in [5.74, 6) is -0.353. The fourth-order valence-corrected chi connectivity index (χ4v) is 1.63. The maximum atomic E-state index is 11.4. The molecule has 1 heterocycles. The van der Waals surface area contributed by atoms with Crippen molar-refractivity contribution < 1.29 is 14.3 Å². The average molecular weight is 215 g/mol. The van der Waals surface area contributed by atoms with Crippen LogP contribution in [-0.4, -0.2) is 26.3 Å². The number of nitrogen functional groups attached to an aromatic ring is 1. The highest BCUT2D eigenvalue weighted by Gasteiger charge is 2.11. The van der Waals surface area contributed by atoms with Crippen LogP contribution in [0.2, 0.25) is 0 Å². The van der Waals surface area contributed by atoms with Gasteiger partial charge in [0.25, 0.3) is 0 Å². The van der Waals surface area contributed by atoms with Gasteiger partial charge in [-0.15, -0.1) is 11.3 Å². The second-order valence-corrected chi connectivity index (χ2v) is 3.60. The molecule has 78 valence electrons. The van der Waals surface area contributed by atoms with Gasteiger partial charge in [0.05, 0.1) is 12.3 Å². The van der Waals surface area contributed by atoms with Crippen LogP contribution in [0.3, 0.4) is 0 Å². The Bertz CT molecular complexity index is 298. The second-order valence-electron chi connectivity index (χ2n) is 2.69. The molecule has 2 N–H and O–H groups in total. The Kier molecular flexibility index (Phi) is 4.42. The molecule has 4 nitrogen and oxygen atoms in total. The third kappa shape index (κ3) is 3.01. The molecule has 0 bridgehead atoms. The molecule has 0 spiro atoms. The van der Waals surface area contributed by atoms with Gasteiger partial charge >= 0.3 is 5.97 Å². The number of carbonyl (C=O) groups is 1. The molecule has 0 radical (unpaired) electrons. The summed E-state index contributed by atoms with van der Waals surface area (Å²) in [6.45, 7) is 0.956. The van der Waals surface area contributed by atoms with Gasteiger partial charge in [-0.1, -0.05) is 0 Å². The van der Waals surface area contributed by atoms with Gasteiger partial charge in [-0.3, -0.25) is 0 Å². The normalized spacial score (nSPS) is 10.1. The van der Waals surface area contributed by atoms with Gasteiger partial charge in [0.2, 0.25) is 0 Å². The number of anilines is 1. The van der Waals surface area contributed by atoms with Gasteiger partial charge in [0, 0.05) is 20.1 Å². The van der Waals surface area contributed by atoms with E-state index in [0.717, 1.165) is 0 Å². The number of nitrogens with two attached hydrogens (primary N) is 1. The number of thiophene rings is 1. The largest absolute Gasteiger partial charge is 0.461 e. The molecule has 0 aliphatic heterocycles. The van der Waals surface area contributed by atoms with E-state index in [0.29, 0.717) is 30.2 Å². The number of methoxy groups -OCH3 is 1. The first-order valence-electron chi connectivity index (χ1n) is 4.24. The van der Waals surface area contributed by atoms with Crippen molar-refractivity contribution in [1.82, 2.24) is 0 Å². The number of ether oxygens (including phenoxy) is 2. The zero-order chi connectivity index (χ0) is 10.4. The fraction of sp³-hybridized carbons (Fsp3) is 0.444. The summed E-state index contributed by atoms with van der Waals surface area (Å²) in [6.07, 6.45) is 0.702. The standard InChI is InChI=1S/C9H13NO3S/c1-12-4-2-5-13-9(11)8-7(10)3-6-14-8/h3,6H,2,4-5,10H2,1H3. The van der Waals surface area contributed by atoms with Crippen LogP contribution < -0.4 is 5.73 Å². The van der Waals surface area contributed by atoms with Crippen LogP contribution >= 0.6 is 11.3 Å². The highest BCUT2D eigenvalue weighted by atomic mass is 32.1. The Labute approximate surface area is 86.6 Å². The van der Waals surface area contributed by atoms with Gasteiger partial charge in [-0.25, -0.2) is 4.79 Å². The molecule has 0 saturated heterocycles. The van der Waals surface area contributed by atoms with E-state index in [1.165, 1.54) is 11.3 Å². The van der Waals surface area contributed by atoms with Gasteiger partial charge in [0.1, 0.15) is 4.88 Å². The van der Waals surface area contributed by atoms with E-state index >= 15 is 0 Å². The summed E-state index contributed by atoms with van der Waals surface area (Å²) in [4.78, 5) is 11.8. The van der Waals surface area contributed by atoms with E-state index < -0.39 is 0 Å². The lowest BCUT2D eigenvalue weighted by Crippen LogP contribution is -2.08. The quantitative estimate of drug-likeness (QED) is 0.597. The molecule has 1 rings (SSSR count). The lowest BCUT2D eigenvalue weighted by atomic mass is 10.4. The molecule has 0 aliphatic rings. The molecular weight excluding hydrogens is 202 g/mol. The molecule has 1 aromatic heterocycles. The summed E-state index contributed by atoms with van der Waals surface area (Å²) < 4.78 is 9.81. The molecule has 0 unspecified atom stereocenters. The van der Waals surface area contributed by atoms with E-state index in [1.807, 2.05) is 0 Å². The van der Waals surface area contributed by atoms with Crippen molar-refractivity contribution in [2.45, 2.75) is 6.42 Å². The van der Waals surface area contributed by atoms with Gasteiger partial charge in [-0.2, -0.15) is 0 Å². The van der Waals surface area contributed by atoms with Crippen LogP contribution in [0.1, 0.15) is 16.1 Å². The fourth-order valence-electron chi connectivity index (χ4n) is 0.919. The smallest absolute Gasteiger partial charge is 0.350 e. The van der Waals surface area contributed by atoms with Gasteiger partial charge < -0.3 is 15.2 Å². The number of rotatable bonds is 5. The highest BCUT2D eigenvalue weighted by molar-refractivity contribution is 7.12. The molecule has 0 atom stereocenters. The first-order valence-corrected chi connectivity index (χ1v) is 5.12. The average Bonchev–Trinajstić information content (AvgIpc) is 2.59. The molecule has 14 heavy (non-hydrogen) atoms. The monoisotopic (exact) mass is 215 g/mol. The molecule has 1 aromatic rings. The van der Waals surface area contributed by atoms with E-state index in [4.69, 9.17) is 15.2 Å². The summed E-state index contributed by atoms with van der Waals surface area (Å²) in [7, 11) is 1.61. The minimum atomic E-state index is -0.353. The third-order valence-electron chi connectivity index (χ3n) is 1.61. The van der Waals surface area contributed by atoms with Crippen LogP contribution in [0, 0.1) is 0 Å². The van der Waals surface area contributed by atoms with E-state index in [2.05, 4.69) is 0 Å². The van der Waals surface area contributed by atoms with E-state index in [9.17, 15) is 4.79 Å². The molecular formula is C9H13NO3S. The topological polar surface area (TPSA) is 61.5 Å². The van der Waals surface area contributed by atoms with Crippen LogP contribution in [0.4, 0.5) is 5.69 Å². The Morgan fingerprint density at radius 3 is 2.93 bits per heavy atom. The number of esters is 1. The summed E-state index contributed by atoms with van der Waals surface area (Å²) in [5, 5.41) is 1.76. The van der Waals surface area contributed by atoms with Crippen molar-refractivity contribution in [1.29, 1.82) is 0 Å². The Hall–Kier alpha value is -1.07. The number of carbonyl (C=O) groups excluding carboxylic acids is 1. The van der Waals surface area contributed by atoms with Crippen molar-refractivity contribution in [3.8, 4) is 0 Å². The maximum Gasteiger partial charge on any atom is 0.350 e. The Morgan fingerprint density at radius 1 is 1.57 bits per heavy atom. The maximum absolute atomic E-state index is 11.4. The number of hydrogen-bond acceptors (Lipinski definition) is 5. The van der Waals surface area contributed by atoms with Crippen molar-refractivity contribution >= 4 is 23.0 Å². The third-order valence-corrected chi connectivity index (χ3v) is 2.52. The summed E-state index contributed by atoms with van der Waals surface area (Å²) in [5.41, 5.74) is 6.04. The predicted molar refractivity (Wildman–Crippen MR) is 55.5 cm³/mol. The van der Waals surface area contributed by atoms with Gasteiger partial charge in [-0.05, 0) is 11.4 Å². The molecule has 5 heteroatoms. The van der Waals surface area contributed by atoms with Crippen LogP contribution in [-0.2, 0) is 9.47 Å². The number of hydrogen-bond donors (Lipinski definition) is 1. The lowest BCUT2D eigenvalue weighted by molar-refractivity contribution is 0.0475. The SMILES string of the molecule is COCCCOC(=O)c1sccc1N. The molecule has 0 aromatic carbocycles. The van der Waals surface area contributed by atoms with Crippen LogP contribution in [0.15, 0.2) is 11.4 Å². The Balaban J connectivity index is 2.32. The lowest BCUT2D eigenvalue weighted by Gasteiger charge is -2.02. The van der Waals surface area contributed by atoms with Gasteiger partial charge in [0.15, 0.2) is 0 Å². The van der Waals surface area contributed by atoms with Crippen molar-refractivity contribution in [3.63, 3.8) is 0 Å². The second kappa shape index (κ2) is 5.62. The van der Waals surface area contributed by atoms with E-state index in [-0.39, 0.29) is 5.97 Å². The molecule has 0 aliphatic carbocycles. The van der Waals surface area contributed by atoms with Crippen LogP contribution in [0.25, 0.3) is 0 Å².